The van der Waals surface area contributed by atoms with E-state index in [1.165, 1.54) is 16.8 Å². The number of benzene rings is 1. The average molecular weight is 291 g/mol. The lowest BCUT2D eigenvalue weighted by Gasteiger charge is -2.04. The van der Waals surface area contributed by atoms with Crippen LogP contribution in [0.5, 0.6) is 0 Å². The first-order chi connectivity index (χ1) is 9.24. The Morgan fingerprint density at radius 1 is 1.32 bits per heavy atom. The summed E-state index contributed by atoms with van der Waals surface area (Å²) in [5, 5.41) is 12.4. The number of nitrogens with one attached hydrogen (secondary N) is 1. The first kappa shape index (κ1) is 12.0. The van der Waals surface area contributed by atoms with E-state index in [1.54, 1.807) is 6.07 Å². The zero-order valence-corrected chi connectivity index (χ0v) is 11.1. The van der Waals surface area contributed by atoms with E-state index in [0.717, 1.165) is 10.8 Å². The van der Waals surface area contributed by atoms with Gasteiger partial charge in [-0.2, -0.15) is 0 Å². The van der Waals surface area contributed by atoms with Crippen LogP contribution in [0.2, 0.25) is 5.15 Å². The SMILES string of the molecule is O=C(Nc1nncs1)c1cc2ccccc2c(Cl)n1. The molecule has 19 heavy (non-hydrogen) atoms. The Morgan fingerprint density at radius 3 is 2.95 bits per heavy atom. The minimum atomic E-state index is -0.357. The summed E-state index contributed by atoms with van der Waals surface area (Å²) in [5.41, 5.74) is 1.79. The molecule has 3 aromatic rings. The van der Waals surface area contributed by atoms with Gasteiger partial charge in [0.2, 0.25) is 5.13 Å². The van der Waals surface area contributed by atoms with Crippen LogP contribution < -0.4 is 5.32 Å². The number of fused-ring (bicyclic) bond motifs is 1. The molecule has 1 aromatic carbocycles. The molecule has 0 spiro atoms. The summed E-state index contributed by atoms with van der Waals surface area (Å²) in [4.78, 5) is 16.1. The van der Waals surface area contributed by atoms with E-state index in [2.05, 4.69) is 20.5 Å². The van der Waals surface area contributed by atoms with E-state index in [1.807, 2.05) is 24.3 Å². The second-order valence-corrected chi connectivity index (χ2v) is 4.91. The highest BCUT2D eigenvalue weighted by Crippen LogP contribution is 2.22. The Morgan fingerprint density at radius 2 is 2.16 bits per heavy atom. The normalized spacial score (nSPS) is 10.6. The van der Waals surface area contributed by atoms with Gasteiger partial charge in [-0.05, 0) is 11.5 Å². The van der Waals surface area contributed by atoms with Crippen LogP contribution in [-0.2, 0) is 0 Å². The van der Waals surface area contributed by atoms with Crippen molar-refractivity contribution < 1.29 is 4.79 Å². The molecule has 0 aliphatic rings. The highest BCUT2D eigenvalue weighted by atomic mass is 35.5. The number of halogens is 1. The van der Waals surface area contributed by atoms with Gasteiger partial charge in [-0.3, -0.25) is 10.1 Å². The number of aromatic nitrogens is 3. The van der Waals surface area contributed by atoms with Crippen LogP contribution in [-0.4, -0.2) is 21.1 Å². The topological polar surface area (TPSA) is 67.8 Å². The van der Waals surface area contributed by atoms with Gasteiger partial charge in [0.15, 0.2) is 0 Å². The van der Waals surface area contributed by atoms with Gasteiger partial charge in [0.05, 0.1) is 0 Å². The highest BCUT2D eigenvalue weighted by Gasteiger charge is 2.12. The first-order valence-electron chi connectivity index (χ1n) is 5.37. The number of amides is 1. The van der Waals surface area contributed by atoms with E-state index in [9.17, 15) is 4.79 Å². The van der Waals surface area contributed by atoms with E-state index in [4.69, 9.17) is 11.6 Å². The van der Waals surface area contributed by atoms with Crippen molar-refractivity contribution in [2.24, 2.45) is 0 Å². The third-order valence-electron chi connectivity index (χ3n) is 2.51. The molecular formula is C12H7ClN4OS. The Hall–Kier alpha value is -2.05. The summed E-state index contributed by atoms with van der Waals surface area (Å²) in [7, 11) is 0. The van der Waals surface area contributed by atoms with Crippen LogP contribution in [0.25, 0.3) is 10.8 Å². The maximum Gasteiger partial charge on any atom is 0.276 e. The Balaban J connectivity index is 1.98. The van der Waals surface area contributed by atoms with Gasteiger partial charge in [0.25, 0.3) is 5.91 Å². The Bertz CT molecular complexity index is 745. The molecule has 1 amide bonds. The fourth-order valence-electron chi connectivity index (χ4n) is 1.66. The molecule has 0 saturated heterocycles. The smallest absolute Gasteiger partial charge is 0.276 e. The monoisotopic (exact) mass is 290 g/mol. The predicted octanol–water partition coefficient (Wildman–Crippen LogP) is 2.99. The number of carbonyl (C=O) groups excluding carboxylic acids is 1. The maximum atomic E-state index is 12.0. The standard InChI is InChI=1S/C12H7ClN4OS/c13-10-8-4-2-1-3-7(8)5-9(15-10)11(18)16-12-17-14-6-19-12/h1-6H,(H,16,17,18). The van der Waals surface area contributed by atoms with E-state index in [0.29, 0.717) is 10.3 Å². The van der Waals surface area contributed by atoms with Crippen LogP contribution in [0, 0.1) is 0 Å². The van der Waals surface area contributed by atoms with Gasteiger partial charge in [-0.15, -0.1) is 10.2 Å². The summed E-state index contributed by atoms with van der Waals surface area (Å²) in [6.45, 7) is 0. The number of rotatable bonds is 2. The molecule has 1 N–H and O–H groups in total. The van der Waals surface area contributed by atoms with Gasteiger partial charge < -0.3 is 0 Å². The maximum absolute atomic E-state index is 12.0. The number of hydrogen-bond donors (Lipinski definition) is 1. The third kappa shape index (κ3) is 2.40. The second kappa shape index (κ2) is 4.91. The summed E-state index contributed by atoms with van der Waals surface area (Å²) in [6, 6.07) is 9.18. The van der Waals surface area contributed by atoms with E-state index >= 15 is 0 Å². The largest absolute Gasteiger partial charge is 0.295 e. The predicted molar refractivity (Wildman–Crippen MR) is 74.6 cm³/mol. The molecule has 0 atom stereocenters. The van der Waals surface area contributed by atoms with Gasteiger partial charge in [-0.25, -0.2) is 4.98 Å². The number of hydrogen-bond acceptors (Lipinski definition) is 5. The average Bonchev–Trinajstić information content (AvgIpc) is 2.91. The molecule has 0 fully saturated rings. The number of anilines is 1. The van der Waals surface area contributed by atoms with E-state index in [-0.39, 0.29) is 11.6 Å². The molecule has 5 nitrogen and oxygen atoms in total. The summed E-state index contributed by atoms with van der Waals surface area (Å²) < 4.78 is 0. The lowest BCUT2D eigenvalue weighted by atomic mass is 10.1. The molecule has 0 unspecified atom stereocenters. The van der Waals surface area contributed by atoms with Crippen molar-refractivity contribution >= 4 is 44.7 Å². The highest BCUT2D eigenvalue weighted by molar-refractivity contribution is 7.13. The quantitative estimate of drug-likeness (QED) is 0.737. The van der Waals surface area contributed by atoms with Gasteiger partial charge in [0, 0.05) is 5.39 Å². The van der Waals surface area contributed by atoms with Crippen LogP contribution >= 0.6 is 22.9 Å². The van der Waals surface area contributed by atoms with E-state index < -0.39 is 0 Å². The van der Waals surface area contributed by atoms with Crippen LogP contribution in [0.4, 0.5) is 5.13 Å². The minimum absolute atomic E-state index is 0.249. The zero-order chi connectivity index (χ0) is 13.2. The minimum Gasteiger partial charge on any atom is -0.295 e. The van der Waals surface area contributed by atoms with Crippen molar-refractivity contribution in [1.29, 1.82) is 0 Å². The van der Waals surface area contributed by atoms with Crippen LogP contribution in [0.1, 0.15) is 10.5 Å². The molecule has 2 heterocycles. The summed E-state index contributed by atoms with van der Waals surface area (Å²) in [5.74, 6) is -0.357. The fourth-order valence-corrected chi connectivity index (χ4v) is 2.36. The molecule has 3 rings (SSSR count). The van der Waals surface area contributed by atoms with Gasteiger partial charge in [0.1, 0.15) is 16.4 Å². The first-order valence-corrected chi connectivity index (χ1v) is 6.62. The van der Waals surface area contributed by atoms with Crippen molar-refractivity contribution in [3.8, 4) is 0 Å². The second-order valence-electron chi connectivity index (χ2n) is 3.72. The molecule has 7 heteroatoms. The van der Waals surface area contributed by atoms with Crippen LogP contribution in [0.15, 0.2) is 35.8 Å². The Labute approximate surface area is 117 Å². The lowest BCUT2D eigenvalue weighted by Crippen LogP contribution is -2.13. The number of pyridine rings is 1. The number of carbonyl (C=O) groups is 1. The van der Waals surface area contributed by atoms with Gasteiger partial charge in [-0.1, -0.05) is 47.2 Å². The lowest BCUT2D eigenvalue weighted by molar-refractivity contribution is 0.102. The fraction of sp³-hybridized carbons (Fsp3) is 0. The molecule has 0 aliphatic heterocycles. The molecular weight excluding hydrogens is 284 g/mol. The Kier molecular flexibility index (Phi) is 3.10. The molecule has 2 aromatic heterocycles. The molecule has 0 aliphatic carbocycles. The van der Waals surface area contributed by atoms with Crippen molar-refractivity contribution in [3.63, 3.8) is 0 Å². The number of nitrogens with zero attached hydrogens (tertiary/aromatic N) is 3. The molecule has 0 radical (unpaired) electrons. The van der Waals surface area contributed by atoms with Crippen molar-refractivity contribution in [2.45, 2.75) is 0 Å². The van der Waals surface area contributed by atoms with Crippen molar-refractivity contribution in [1.82, 2.24) is 15.2 Å². The van der Waals surface area contributed by atoms with Crippen molar-refractivity contribution in [3.05, 3.63) is 46.7 Å². The van der Waals surface area contributed by atoms with Crippen LogP contribution in [0.3, 0.4) is 0 Å². The molecule has 94 valence electrons. The summed E-state index contributed by atoms with van der Waals surface area (Å²) >= 11 is 7.31. The molecule has 0 bridgehead atoms. The zero-order valence-electron chi connectivity index (χ0n) is 9.50. The van der Waals surface area contributed by atoms with Crippen molar-refractivity contribution in [2.75, 3.05) is 5.32 Å². The molecule has 0 saturated carbocycles. The third-order valence-corrected chi connectivity index (χ3v) is 3.40. The summed E-state index contributed by atoms with van der Waals surface area (Å²) in [6.07, 6.45) is 0. The van der Waals surface area contributed by atoms with Gasteiger partial charge >= 0.3 is 0 Å².